The number of amides is 4. The molecular formula is C78H132N4O52. The fourth-order valence-corrected chi connectivity index (χ4v) is 17.9. The Morgan fingerprint density at radius 2 is 0.455 bits per heavy atom. The topological polar surface area (TPSA) is 856 Å². The summed E-state index contributed by atoms with van der Waals surface area (Å²) in [5.74, 6) is -7.94. The van der Waals surface area contributed by atoms with Gasteiger partial charge in [-0.15, -0.1) is 0 Å². The van der Waals surface area contributed by atoms with Crippen molar-refractivity contribution in [3.05, 3.63) is 0 Å². The lowest BCUT2D eigenvalue weighted by Gasteiger charge is -2.51. The van der Waals surface area contributed by atoms with Crippen LogP contribution in [0.3, 0.4) is 0 Å². The van der Waals surface area contributed by atoms with E-state index in [2.05, 4.69) is 21.3 Å². The Labute approximate surface area is 763 Å². The summed E-state index contributed by atoms with van der Waals surface area (Å²) in [7, 11) is 0. The van der Waals surface area contributed by atoms with Crippen molar-refractivity contribution in [2.45, 2.75) is 368 Å². The first-order valence-corrected chi connectivity index (χ1v) is 43.9. The Balaban J connectivity index is 0.890. The lowest BCUT2D eigenvalue weighted by molar-refractivity contribution is -0.397. The molecule has 4 amide bonds. The molecule has 11 rings (SSSR count). The number of hydrogen-bond acceptors (Lipinski definition) is 52. The summed E-state index contributed by atoms with van der Waals surface area (Å²) >= 11 is 0. The van der Waals surface area contributed by atoms with Gasteiger partial charge in [-0.2, -0.15) is 0 Å². The van der Waals surface area contributed by atoms with Gasteiger partial charge in [-0.25, -0.2) is 0 Å². The quantitative estimate of drug-likeness (QED) is 0.0280. The highest BCUT2D eigenvalue weighted by molar-refractivity contribution is 5.74. The van der Waals surface area contributed by atoms with Gasteiger partial charge in [0.15, 0.2) is 69.2 Å². The first kappa shape index (κ1) is 110. The second-order valence-electron chi connectivity index (χ2n) is 35.4. The lowest BCUT2D eigenvalue weighted by Crippen LogP contribution is -2.71. The van der Waals surface area contributed by atoms with Crippen molar-refractivity contribution in [2.24, 2.45) is 23.7 Å². The van der Waals surface area contributed by atoms with Gasteiger partial charge in [0.05, 0.1) is 97.1 Å². The van der Waals surface area contributed by atoms with Crippen LogP contribution in [-0.4, -0.2) is 547 Å². The highest BCUT2D eigenvalue weighted by atomic mass is 16.8. The molecule has 56 heteroatoms. The SMILES string of the molecule is CC(=O)N[C@H]1[C@H](O[C@H]2[C@H](O)[C@@H](NC(C)=O)C(O)O[C@@H]2CO)O[C@H](CO)[C@@H](O[C@@H]2O[C@H](CO[C@H]3O[C@H](CO)[C@@H](O)[C@H](O)[C@@H]3O)[C@@H](O)[C@H](O[C@H]3O[C@H](CO)[C@@H](O)[C@H](O)[C@@H]3O[C@@H]3O[C@H](CO)[C@@H](O[C@@H]4O[C@H](CO[C@@H]5O[C@H](CO[C@@H]6O[C@H](CO)[C@H](O)[C@H](C)[C@H]6O)[C@H](O)[C@H](C)[C@H]5O)[C@H](O)[C@H](O[C@@H]5O[C@H](CO[C@@H]6O[C@H](CO)[C@H](O)[C@H](C)[C@H]6O)[C@H](O)[C@H](C)[C@H]5O)[C@H]4NC(C)=O)[C@H](O)[C@H]3NC(C)=O)[C@@H]2O)[C@@H]1O. The van der Waals surface area contributed by atoms with E-state index in [9.17, 15) is 157 Å². The second kappa shape index (κ2) is 48.4. The van der Waals surface area contributed by atoms with E-state index in [1.165, 1.54) is 27.7 Å². The van der Waals surface area contributed by atoms with E-state index >= 15 is 0 Å². The van der Waals surface area contributed by atoms with E-state index < -0.39 is 433 Å². The molecule has 0 aromatic carbocycles. The van der Waals surface area contributed by atoms with E-state index in [0.29, 0.717) is 0 Å². The van der Waals surface area contributed by atoms with Crippen LogP contribution in [0.1, 0.15) is 55.4 Å². The Morgan fingerprint density at radius 1 is 0.209 bits per heavy atom. The summed E-state index contributed by atoms with van der Waals surface area (Å²) in [6.07, 6.45) is -90.7. The summed E-state index contributed by atoms with van der Waals surface area (Å²) in [5.41, 5.74) is 0. The maximum Gasteiger partial charge on any atom is 0.217 e. The van der Waals surface area contributed by atoms with E-state index in [1.807, 2.05) is 0 Å². The zero-order valence-electron chi connectivity index (χ0n) is 73.8. The number of nitrogens with one attached hydrogen (secondary N) is 4. The van der Waals surface area contributed by atoms with Crippen LogP contribution >= 0.6 is 0 Å². The number of aliphatic hydroxyl groups is 27. The van der Waals surface area contributed by atoms with Crippen molar-refractivity contribution in [1.82, 2.24) is 21.3 Å². The van der Waals surface area contributed by atoms with Gasteiger partial charge in [-0.05, 0) is 0 Å². The molecule has 0 saturated carbocycles. The van der Waals surface area contributed by atoms with Crippen molar-refractivity contribution in [3.63, 3.8) is 0 Å². The second-order valence-corrected chi connectivity index (χ2v) is 35.4. The number of ether oxygens (including phenoxy) is 21. The molecule has 1 unspecified atom stereocenters. The molecule has 776 valence electrons. The smallest absolute Gasteiger partial charge is 0.217 e. The molecular weight excluding hydrogens is 1820 g/mol. The van der Waals surface area contributed by atoms with Crippen LogP contribution in [0, 0.1) is 23.7 Å². The molecule has 0 bridgehead atoms. The van der Waals surface area contributed by atoms with Gasteiger partial charge in [-0.3, -0.25) is 19.2 Å². The molecule has 11 aliphatic heterocycles. The molecule has 134 heavy (non-hydrogen) atoms. The third kappa shape index (κ3) is 24.5. The average molecular weight is 1960 g/mol. The van der Waals surface area contributed by atoms with Gasteiger partial charge in [0.25, 0.3) is 0 Å². The van der Waals surface area contributed by atoms with Crippen molar-refractivity contribution >= 4 is 23.6 Å². The Morgan fingerprint density at radius 3 is 0.851 bits per heavy atom. The third-order valence-corrected chi connectivity index (χ3v) is 26.0. The van der Waals surface area contributed by atoms with E-state index in [0.717, 1.165) is 27.7 Å². The van der Waals surface area contributed by atoms with Crippen molar-refractivity contribution in [3.8, 4) is 0 Å². The number of carbonyl (C=O) groups excluding carboxylic acids is 4. The molecule has 31 N–H and O–H groups in total. The molecule has 56 nitrogen and oxygen atoms in total. The molecule has 0 aliphatic carbocycles. The molecule has 55 atom stereocenters. The van der Waals surface area contributed by atoms with E-state index in [4.69, 9.17) is 99.5 Å². The highest BCUT2D eigenvalue weighted by Gasteiger charge is 2.62. The minimum Gasteiger partial charge on any atom is -0.394 e. The predicted molar refractivity (Wildman–Crippen MR) is 421 cm³/mol. The maximum absolute atomic E-state index is 13.6. The first-order valence-electron chi connectivity index (χ1n) is 43.9. The van der Waals surface area contributed by atoms with Gasteiger partial charge in [0, 0.05) is 51.4 Å². The summed E-state index contributed by atoms with van der Waals surface area (Å²) in [4.78, 5) is 52.4. The van der Waals surface area contributed by atoms with Crippen LogP contribution < -0.4 is 21.3 Å². The first-order chi connectivity index (χ1) is 63.4. The Bertz CT molecular complexity index is 3650. The minimum absolute atomic E-state index is 0.612. The molecule has 11 aliphatic rings. The summed E-state index contributed by atoms with van der Waals surface area (Å²) < 4.78 is 127. The summed E-state index contributed by atoms with van der Waals surface area (Å²) in [6.45, 7) is -0.856. The van der Waals surface area contributed by atoms with Crippen LogP contribution in [0.25, 0.3) is 0 Å². The zero-order valence-corrected chi connectivity index (χ0v) is 73.8. The predicted octanol–water partition coefficient (Wildman–Crippen LogP) is -19.3. The summed E-state index contributed by atoms with van der Waals surface area (Å²) in [5, 5.41) is 314. The molecule has 11 saturated heterocycles. The molecule has 0 aromatic rings. The molecule has 0 radical (unpaired) electrons. The Kier molecular flexibility index (Phi) is 39.8. The van der Waals surface area contributed by atoms with Crippen molar-refractivity contribution in [2.75, 3.05) is 72.7 Å². The fraction of sp³-hybridized carbons (Fsp3) is 0.949. The van der Waals surface area contributed by atoms with E-state index in [-0.39, 0.29) is 0 Å². The van der Waals surface area contributed by atoms with Gasteiger partial charge in [0.1, 0.15) is 219 Å². The lowest BCUT2D eigenvalue weighted by atomic mass is 9.89. The summed E-state index contributed by atoms with van der Waals surface area (Å²) in [6, 6.07) is -7.60. The third-order valence-electron chi connectivity index (χ3n) is 26.0. The van der Waals surface area contributed by atoms with Crippen molar-refractivity contribution in [1.29, 1.82) is 0 Å². The normalized spacial score (nSPS) is 49.8. The Hall–Kier alpha value is -4.04. The average Bonchev–Trinajstić information content (AvgIpc) is 0.758. The van der Waals surface area contributed by atoms with Crippen LogP contribution in [0.4, 0.5) is 0 Å². The molecule has 11 fully saturated rings. The minimum atomic E-state index is -2.54. The van der Waals surface area contributed by atoms with Crippen LogP contribution in [-0.2, 0) is 119 Å². The van der Waals surface area contributed by atoms with Gasteiger partial charge in [-0.1, -0.05) is 27.7 Å². The van der Waals surface area contributed by atoms with Gasteiger partial charge >= 0.3 is 0 Å². The largest absolute Gasteiger partial charge is 0.394 e. The van der Waals surface area contributed by atoms with Crippen LogP contribution in [0.5, 0.6) is 0 Å². The van der Waals surface area contributed by atoms with Crippen LogP contribution in [0.15, 0.2) is 0 Å². The number of rotatable bonds is 35. The van der Waals surface area contributed by atoms with Crippen molar-refractivity contribution < 1.29 is 257 Å². The monoisotopic (exact) mass is 1960 g/mol. The number of hydrogen-bond donors (Lipinski definition) is 31. The molecule has 0 aromatic heterocycles. The standard InChI is InChI=1S/C78H132N4O52/c1-20-43(94)28(9-83)119-72(47(20)98)114-16-35-45(96)22(3)49(100)74(126-35)116-18-37-53(104)65(132-76-50(101)23(4)46(97)36(127-76)17-115-73-48(99)21(2)44(95)29(10-84)120-73)42(82-27(8)93)71(125-37)130-63-33(14-88)124-70(41(56(63)107)81-26(7)92)134-67-59(110)52(103)31(12-86)122-78(67)133-66-54(105)38(19-117-75-60(111)58(109)51(102)30(11-85)121-75)128-77(61(66)112)131-64-34(15-89)123-69(40(57(64)108)80-25(6)91)129-62-32(13-87)118-68(113)39(55(62)106)79-24(5)90/h20-23,28-78,83-89,94-113H,9-19H2,1-8H3,(H,79,90)(H,80,91)(H,81,92)(H,82,93)/t20-,21-,22-,23-,28+,29+,30+,31+,32+,33+,34+,35+,36+,37+,38+,39+,40+,41+,42+,43+,44+,45+,46+,47+,48+,49+,50+,51+,52+,53-,54+,55+,56+,57+,58-,59-,60-,61-,62+,63+,64+,65+,66-,67-,68?,69-,70-,71-,72+,73+,74+,75-,76-,77-,78+/m0/s1. The number of carbonyl (C=O) groups is 4. The fourth-order valence-electron chi connectivity index (χ4n) is 17.9. The molecule has 11 heterocycles. The van der Waals surface area contributed by atoms with E-state index in [1.54, 1.807) is 0 Å². The van der Waals surface area contributed by atoms with Gasteiger partial charge in [0.2, 0.25) is 23.6 Å². The maximum atomic E-state index is 13.6. The zero-order chi connectivity index (χ0) is 98.5. The van der Waals surface area contributed by atoms with Crippen LogP contribution in [0.2, 0.25) is 0 Å². The highest BCUT2D eigenvalue weighted by Crippen LogP contribution is 2.42. The number of aliphatic hydroxyl groups excluding tert-OH is 27. The molecule has 0 spiro atoms. The van der Waals surface area contributed by atoms with Gasteiger partial charge < -0.3 is 259 Å².